The molecule has 0 heterocycles. The van der Waals surface area contributed by atoms with Gasteiger partial charge in [0, 0.05) is 6.07 Å². The smallest absolute Gasteiger partial charge is 0.322 e. The standard InChI is InChI=1S/C15H13ClN2O6S/c16-12-7-6-11(9-14(12)18(21)22)25(23,24)17-13(15(19)20)8-10-4-2-1-3-5-10/h1-7,9,13,17H,8H2,(H,19,20). The van der Waals surface area contributed by atoms with E-state index >= 15 is 0 Å². The van der Waals surface area contributed by atoms with Crippen molar-refractivity contribution in [1.82, 2.24) is 4.72 Å². The van der Waals surface area contributed by atoms with E-state index in [0.29, 0.717) is 5.56 Å². The molecule has 8 nitrogen and oxygen atoms in total. The molecule has 0 aliphatic carbocycles. The van der Waals surface area contributed by atoms with Crippen molar-refractivity contribution in [2.45, 2.75) is 17.4 Å². The third-order valence-corrected chi connectivity index (χ3v) is 5.09. The summed E-state index contributed by atoms with van der Waals surface area (Å²) in [6, 6.07) is 9.97. The largest absolute Gasteiger partial charge is 0.480 e. The van der Waals surface area contributed by atoms with Crippen LogP contribution in [0.25, 0.3) is 0 Å². The summed E-state index contributed by atoms with van der Waals surface area (Å²) < 4.78 is 26.8. The molecule has 0 aliphatic rings. The lowest BCUT2D eigenvalue weighted by atomic mass is 10.1. The molecule has 0 radical (unpaired) electrons. The summed E-state index contributed by atoms with van der Waals surface area (Å²) in [4.78, 5) is 21.0. The topological polar surface area (TPSA) is 127 Å². The number of nitro benzene ring substituents is 1. The van der Waals surface area contributed by atoms with Gasteiger partial charge in [-0.15, -0.1) is 0 Å². The van der Waals surface area contributed by atoms with Gasteiger partial charge in [0.2, 0.25) is 10.0 Å². The molecule has 2 N–H and O–H groups in total. The van der Waals surface area contributed by atoms with Gasteiger partial charge in [0.05, 0.1) is 9.82 Å². The first-order valence-electron chi connectivity index (χ1n) is 6.93. The van der Waals surface area contributed by atoms with Gasteiger partial charge in [0.25, 0.3) is 5.69 Å². The second-order valence-corrected chi connectivity index (χ2v) is 7.19. The number of benzene rings is 2. The number of nitrogens with one attached hydrogen (secondary N) is 1. The van der Waals surface area contributed by atoms with Gasteiger partial charge in [-0.25, -0.2) is 8.42 Å². The molecule has 1 atom stereocenters. The SMILES string of the molecule is O=C(O)C(Cc1ccccc1)NS(=O)(=O)c1ccc(Cl)c([N+](=O)[O-])c1. The molecule has 10 heteroatoms. The molecule has 0 aromatic heterocycles. The van der Waals surface area contributed by atoms with Crippen LogP contribution in [0.1, 0.15) is 5.56 Å². The van der Waals surface area contributed by atoms with Gasteiger partial charge in [0.15, 0.2) is 0 Å². The van der Waals surface area contributed by atoms with E-state index in [2.05, 4.69) is 4.72 Å². The van der Waals surface area contributed by atoms with Crippen molar-refractivity contribution in [1.29, 1.82) is 0 Å². The van der Waals surface area contributed by atoms with Crippen LogP contribution in [0.4, 0.5) is 5.69 Å². The Balaban J connectivity index is 2.30. The van der Waals surface area contributed by atoms with Crippen molar-refractivity contribution in [2.24, 2.45) is 0 Å². The maximum atomic E-state index is 12.4. The molecule has 2 aromatic carbocycles. The van der Waals surface area contributed by atoms with Gasteiger partial charge in [-0.2, -0.15) is 4.72 Å². The number of carboxylic acids is 1. The molecule has 25 heavy (non-hydrogen) atoms. The number of halogens is 1. The van der Waals surface area contributed by atoms with Crippen molar-refractivity contribution in [3.63, 3.8) is 0 Å². The fraction of sp³-hybridized carbons (Fsp3) is 0.133. The van der Waals surface area contributed by atoms with E-state index in [0.717, 1.165) is 18.2 Å². The molecule has 0 fully saturated rings. The monoisotopic (exact) mass is 384 g/mol. The lowest BCUT2D eigenvalue weighted by Crippen LogP contribution is -2.42. The van der Waals surface area contributed by atoms with Gasteiger partial charge in [-0.3, -0.25) is 14.9 Å². The molecule has 2 aromatic rings. The van der Waals surface area contributed by atoms with Crippen LogP contribution in [0, 0.1) is 10.1 Å². The third-order valence-electron chi connectivity index (χ3n) is 3.30. The number of hydrogen-bond acceptors (Lipinski definition) is 5. The second kappa shape index (κ2) is 7.60. The summed E-state index contributed by atoms with van der Waals surface area (Å²) in [7, 11) is -4.29. The van der Waals surface area contributed by atoms with Crippen LogP contribution in [-0.2, 0) is 21.2 Å². The van der Waals surface area contributed by atoms with Gasteiger partial charge >= 0.3 is 5.97 Å². The summed E-state index contributed by atoms with van der Waals surface area (Å²) in [5.41, 5.74) is 0.0409. The minimum atomic E-state index is -4.29. The highest BCUT2D eigenvalue weighted by Gasteiger charge is 2.27. The summed E-state index contributed by atoms with van der Waals surface area (Å²) in [5, 5.41) is 19.9. The van der Waals surface area contributed by atoms with Crippen LogP contribution in [0.2, 0.25) is 5.02 Å². The molecule has 132 valence electrons. The molecular formula is C15H13ClN2O6S. The van der Waals surface area contributed by atoms with E-state index in [4.69, 9.17) is 11.6 Å². The summed E-state index contributed by atoms with van der Waals surface area (Å²) >= 11 is 5.65. The maximum absolute atomic E-state index is 12.4. The summed E-state index contributed by atoms with van der Waals surface area (Å²) in [6.07, 6.45) is -0.0783. The van der Waals surface area contributed by atoms with Crippen molar-refractivity contribution in [3.05, 3.63) is 69.2 Å². The number of nitro groups is 1. The molecule has 0 bridgehead atoms. The number of hydrogen-bond donors (Lipinski definition) is 2. The van der Waals surface area contributed by atoms with Crippen molar-refractivity contribution >= 4 is 33.3 Å². The van der Waals surface area contributed by atoms with Crippen molar-refractivity contribution in [2.75, 3.05) is 0 Å². The molecule has 0 saturated carbocycles. The van der Waals surface area contributed by atoms with Gasteiger partial charge < -0.3 is 5.11 Å². The highest BCUT2D eigenvalue weighted by molar-refractivity contribution is 7.89. The fourth-order valence-corrected chi connectivity index (χ4v) is 3.48. The molecule has 0 aliphatic heterocycles. The van der Waals surface area contributed by atoms with Crippen molar-refractivity contribution in [3.8, 4) is 0 Å². The zero-order chi connectivity index (χ0) is 18.6. The van der Waals surface area contributed by atoms with Crippen LogP contribution in [0.3, 0.4) is 0 Å². The lowest BCUT2D eigenvalue weighted by Gasteiger charge is -2.15. The first-order chi connectivity index (χ1) is 11.7. The third kappa shape index (κ3) is 4.75. The Hall–Kier alpha value is -2.49. The number of aliphatic carboxylic acids is 1. The van der Waals surface area contributed by atoms with E-state index in [-0.39, 0.29) is 11.4 Å². The van der Waals surface area contributed by atoms with E-state index in [1.807, 2.05) is 0 Å². The van der Waals surface area contributed by atoms with Gasteiger partial charge in [-0.1, -0.05) is 41.9 Å². The molecule has 0 saturated heterocycles. The number of carbonyl (C=O) groups is 1. The van der Waals surface area contributed by atoms with E-state index in [9.17, 15) is 28.4 Å². The van der Waals surface area contributed by atoms with E-state index < -0.39 is 37.5 Å². The Morgan fingerprint density at radius 1 is 1.24 bits per heavy atom. The lowest BCUT2D eigenvalue weighted by molar-refractivity contribution is -0.384. The Morgan fingerprint density at radius 2 is 1.88 bits per heavy atom. The number of carboxylic acid groups (broad SMARTS) is 1. The Morgan fingerprint density at radius 3 is 2.44 bits per heavy atom. The zero-order valence-electron chi connectivity index (χ0n) is 12.6. The Bertz CT molecular complexity index is 901. The number of sulfonamides is 1. The van der Waals surface area contributed by atoms with E-state index in [1.165, 1.54) is 0 Å². The minimum absolute atomic E-state index is 0.0783. The Kier molecular flexibility index (Phi) is 5.73. The second-order valence-electron chi connectivity index (χ2n) is 5.07. The fourth-order valence-electron chi connectivity index (χ4n) is 2.08. The molecule has 0 spiro atoms. The van der Waals surface area contributed by atoms with Gasteiger partial charge in [0.1, 0.15) is 11.1 Å². The molecule has 2 rings (SSSR count). The Labute approximate surface area is 148 Å². The van der Waals surface area contributed by atoms with Crippen LogP contribution >= 0.6 is 11.6 Å². The summed E-state index contributed by atoms with van der Waals surface area (Å²) in [6.45, 7) is 0. The van der Waals surface area contributed by atoms with Gasteiger partial charge in [-0.05, 0) is 24.1 Å². The predicted octanol–water partition coefficient (Wildman–Crippen LogP) is 2.22. The molecule has 1 unspecified atom stereocenters. The zero-order valence-corrected chi connectivity index (χ0v) is 14.2. The number of rotatable bonds is 7. The van der Waals surface area contributed by atoms with Crippen LogP contribution in [0.15, 0.2) is 53.4 Å². The maximum Gasteiger partial charge on any atom is 0.322 e. The molecule has 0 amide bonds. The first kappa shape index (κ1) is 18.8. The van der Waals surface area contributed by atoms with Crippen LogP contribution in [0.5, 0.6) is 0 Å². The van der Waals surface area contributed by atoms with Crippen LogP contribution < -0.4 is 4.72 Å². The number of nitrogens with zero attached hydrogens (tertiary/aromatic N) is 1. The highest BCUT2D eigenvalue weighted by Crippen LogP contribution is 2.27. The van der Waals surface area contributed by atoms with E-state index in [1.54, 1.807) is 30.3 Å². The first-order valence-corrected chi connectivity index (χ1v) is 8.80. The average Bonchev–Trinajstić information content (AvgIpc) is 2.54. The minimum Gasteiger partial charge on any atom is -0.480 e. The molecular weight excluding hydrogens is 372 g/mol. The average molecular weight is 385 g/mol. The van der Waals surface area contributed by atoms with Crippen LogP contribution in [-0.4, -0.2) is 30.5 Å². The van der Waals surface area contributed by atoms with Crippen molar-refractivity contribution < 1.29 is 23.2 Å². The normalized spacial score (nSPS) is 12.5. The summed E-state index contributed by atoms with van der Waals surface area (Å²) in [5.74, 6) is -1.36. The quantitative estimate of drug-likeness (QED) is 0.556. The predicted molar refractivity (Wildman–Crippen MR) is 90.0 cm³/mol. The highest BCUT2D eigenvalue weighted by atomic mass is 35.5.